The second-order valence-electron chi connectivity index (χ2n) is 12.2. The summed E-state index contributed by atoms with van der Waals surface area (Å²) in [6, 6.07) is 33.3. The number of hydrogen-bond donors (Lipinski definition) is 6. The molecule has 0 radical (unpaired) electrons. The Morgan fingerprint density at radius 2 is 0.875 bits per heavy atom. The lowest BCUT2D eigenvalue weighted by molar-refractivity contribution is 0.0929. The maximum atomic E-state index is 13.8. The Balaban J connectivity index is 1.01. The number of anilines is 6. The molecule has 8 rings (SSSR count). The van der Waals surface area contributed by atoms with Crippen LogP contribution in [-0.2, 0) is 0 Å². The molecule has 0 aliphatic carbocycles. The van der Waals surface area contributed by atoms with E-state index < -0.39 is 11.8 Å². The zero-order valence-corrected chi connectivity index (χ0v) is 32.4. The van der Waals surface area contributed by atoms with Gasteiger partial charge >= 0.3 is 0 Å². The number of amides is 2. The number of aromatic nitrogens is 2. The topological polar surface area (TPSA) is 194 Å². The third-order valence-corrected chi connectivity index (χ3v) is 12.8. The van der Waals surface area contributed by atoms with Gasteiger partial charge in [-0.05, 0) is 48.5 Å². The van der Waals surface area contributed by atoms with Crippen LogP contribution < -0.4 is 32.7 Å². The smallest absolute Gasteiger partial charge is 0.256 e. The van der Waals surface area contributed by atoms with Gasteiger partial charge in [-0.1, -0.05) is 60.7 Å². The van der Waals surface area contributed by atoms with E-state index in [1.54, 1.807) is 0 Å². The molecule has 0 saturated heterocycles. The van der Waals surface area contributed by atoms with Gasteiger partial charge in [0, 0.05) is 24.5 Å². The minimum atomic E-state index is -0.542. The van der Waals surface area contributed by atoms with Crippen molar-refractivity contribution in [2.24, 2.45) is 0 Å². The predicted molar refractivity (Wildman–Crippen MR) is 228 cm³/mol. The van der Waals surface area contributed by atoms with Crippen molar-refractivity contribution in [3.63, 3.8) is 0 Å². The third-order valence-electron chi connectivity index (χ3n) is 8.49. The second-order valence-corrected chi connectivity index (χ2v) is 16.3. The Bertz CT molecular complexity index is 2520. The lowest BCUT2D eigenvalue weighted by Crippen LogP contribution is -2.35. The number of nitrogens with one attached hydrogen (secondary N) is 4. The van der Waals surface area contributed by atoms with E-state index >= 15 is 0 Å². The molecule has 0 bridgehead atoms. The summed E-state index contributed by atoms with van der Waals surface area (Å²) in [7, 11) is 0. The zero-order valence-electron chi connectivity index (χ0n) is 29.1. The highest BCUT2D eigenvalue weighted by Crippen LogP contribution is 2.41. The fourth-order valence-corrected chi connectivity index (χ4v) is 9.93. The van der Waals surface area contributed by atoms with Crippen LogP contribution in [0.4, 0.5) is 32.8 Å². The molecule has 278 valence electrons. The lowest BCUT2D eigenvalue weighted by atomic mass is 10.1. The largest absolute Gasteiger partial charge is 0.397 e. The first-order valence-corrected chi connectivity index (χ1v) is 20.4. The van der Waals surface area contributed by atoms with Gasteiger partial charge in [0.25, 0.3) is 11.8 Å². The number of benzene rings is 4. The van der Waals surface area contributed by atoms with Crippen LogP contribution in [0.1, 0.15) is 50.1 Å². The van der Waals surface area contributed by atoms with Gasteiger partial charge in [-0.15, -0.1) is 45.3 Å². The Labute approximate surface area is 335 Å². The average Bonchev–Trinajstić information content (AvgIpc) is 3.99. The summed E-state index contributed by atoms with van der Waals surface area (Å²) >= 11 is 4.65. The van der Waals surface area contributed by atoms with Gasteiger partial charge in [-0.2, -0.15) is 0 Å². The van der Waals surface area contributed by atoms with E-state index in [0.29, 0.717) is 32.4 Å². The number of para-hydroxylation sites is 4. The molecule has 56 heavy (non-hydrogen) atoms. The van der Waals surface area contributed by atoms with Crippen LogP contribution in [0.3, 0.4) is 0 Å². The van der Waals surface area contributed by atoms with Crippen molar-refractivity contribution in [3.8, 4) is 0 Å². The molecule has 12 nitrogen and oxygen atoms in total. The molecule has 0 saturated carbocycles. The quantitative estimate of drug-likeness (QED) is 0.0487. The van der Waals surface area contributed by atoms with Crippen LogP contribution in [0.25, 0.3) is 20.4 Å². The highest BCUT2D eigenvalue weighted by Gasteiger charge is 2.30. The van der Waals surface area contributed by atoms with Crippen molar-refractivity contribution < 1.29 is 19.2 Å². The van der Waals surface area contributed by atoms with Crippen molar-refractivity contribution in [2.45, 2.75) is 0 Å². The normalized spacial score (nSPS) is 11.1. The number of thiazole rings is 2. The van der Waals surface area contributed by atoms with Gasteiger partial charge in [0.05, 0.1) is 42.9 Å². The van der Waals surface area contributed by atoms with Crippen LogP contribution in [-0.4, -0.2) is 46.4 Å². The minimum Gasteiger partial charge on any atom is -0.397 e. The monoisotopic (exact) mass is 814 g/mol. The van der Waals surface area contributed by atoms with Crippen molar-refractivity contribution in [1.29, 1.82) is 0 Å². The maximum absolute atomic E-state index is 13.8. The first-order chi connectivity index (χ1) is 27.2. The molecule has 0 fully saturated rings. The summed E-state index contributed by atoms with van der Waals surface area (Å²) in [5.41, 5.74) is 16.1. The van der Waals surface area contributed by atoms with Gasteiger partial charge in [0.15, 0.2) is 10.0 Å². The number of nitrogens with two attached hydrogens (primary N) is 2. The molecule has 4 heterocycles. The van der Waals surface area contributed by atoms with Crippen LogP contribution in [0.15, 0.2) is 109 Å². The van der Waals surface area contributed by atoms with Crippen LogP contribution in [0.2, 0.25) is 0 Å². The van der Waals surface area contributed by atoms with Gasteiger partial charge < -0.3 is 32.7 Å². The first-order valence-electron chi connectivity index (χ1n) is 17.1. The van der Waals surface area contributed by atoms with Gasteiger partial charge in [-0.3, -0.25) is 19.2 Å². The molecule has 16 heteroatoms. The Hall–Kier alpha value is -6.46. The van der Waals surface area contributed by atoms with Crippen LogP contribution in [0, 0.1) is 0 Å². The molecule has 8 N–H and O–H groups in total. The summed E-state index contributed by atoms with van der Waals surface area (Å²) in [6.45, 7) is 0.0174. The van der Waals surface area contributed by atoms with Gasteiger partial charge in [0.2, 0.25) is 11.6 Å². The standard InChI is InChI=1S/C40H30N8O4S4/c41-29-27(37(45-21-11-3-1-4-12-21)55-33(29)31(49)39-47-23-15-7-9-17-25(23)53-39)35(51)43-19-20-44-36(52)28-30(42)34(56-38(28)46-22-13-5-2-6-14-22)32(50)40-48-24-16-8-10-18-26(24)54-40/h1-18,45-46H,19-20,41-42H2,(H,43,51)(H,44,52). The number of nitrogens with zero attached hydrogens (tertiary/aromatic N) is 2. The number of hydrogen-bond acceptors (Lipinski definition) is 14. The molecule has 2 amide bonds. The Kier molecular flexibility index (Phi) is 10.2. The molecule has 4 aromatic carbocycles. The third kappa shape index (κ3) is 7.33. The van der Waals surface area contributed by atoms with Gasteiger partial charge in [0.1, 0.15) is 19.8 Å². The minimum absolute atomic E-state index is 0.00870. The molecule has 8 aromatic rings. The number of ketones is 2. The van der Waals surface area contributed by atoms with Crippen LogP contribution in [0.5, 0.6) is 0 Å². The number of carbonyl (C=O) groups is 4. The summed E-state index contributed by atoms with van der Waals surface area (Å²) in [5.74, 6) is -1.85. The van der Waals surface area contributed by atoms with E-state index in [1.165, 1.54) is 22.7 Å². The summed E-state index contributed by atoms with van der Waals surface area (Å²) in [4.78, 5) is 64.3. The molecule has 0 unspecified atom stereocenters. The molecule has 0 atom stereocenters. The number of fused-ring (bicyclic) bond motifs is 2. The fourth-order valence-electron chi connectivity index (χ4n) is 5.82. The first kappa shape index (κ1) is 36.5. The second kappa shape index (κ2) is 15.7. The highest BCUT2D eigenvalue weighted by molar-refractivity contribution is 7.23. The van der Waals surface area contributed by atoms with E-state index in [1.807, 2.05) is 109 Å². The SMILES string of the molecule is Nc1c(C(=O)c2nc3ccccc3s2)sc(Nc2ccccc2)c1C(=O)NCCNC(=O)c1c(Nc2ccccc2)sc(C(=O)c2nc3ccccc3s2)c1N. The van der Waals surface area contributed by atoms with Crippen LogP contribution >= 0.6 is 45.3 Å². The average molecular weight is 815 g/mol. The van der Waals surface area contributed by atoms with E-state index in [-0.39, 0.29) is 66.9 Å². The number of thiophene rings is 2. The molecule has 0 aliphatic rings. The molecule has 4 aromatic heterocycles. The molecule has 0 aliphatic heterocycles. The predicted octanol–water partition coefficient (Wildman–Crippen LogP) is 8.30. The number of nitrogen functional groups attached to an aromatic ring is 2. The van der Waals surface area contributed by atoms with Crippen molar-refractivity contribution in [3.05, 3.63) is 140 Å². The van der Waals surface area contributed by atoms with E-state index in [4.69, 9.17) is 11.5 Å². The number of rotatable bonds is 13. The van der Waals surface area contributed by atoms with E-state index in [2.05, 4.69) is 31.2 Å². The highest BCUT2D eigenvalue weighted by atomic mass is 32.1. The molecular formula is C40H30N8O4S4. The molecular weight excluding hydrogens is 785 g/mol. The van der Waals surface area contributed by atoms with Crippen molar-refractivity contribution in [2.75, 3.05) is 35.2 Å². The number of carbonyl (C=O) groups excluding carboxylic acids is 4. The van der Waals surface area contributed by atoms with E-state index in [9.17, 15) is 19.2 Å². The summed E-state index contributed by atoms with van der Waals surface area (Å²) in [5, 5.41) is 13.4. The lowest BCUT2D eigenvalue weighted by Gasteiger charge is -2.11. The van der Waals surface area contributed by atoms with Crippen molar-refractivity contribution in [1.82, 2.24) is 20.6 Å². The Morgan fingerprint density at radius 1 is 0.500 bits per heavy atom. The zero-order chi connectivity index (χ0) is 38.8. The van der Waals surface area contributed by atoms with Gasteiger partial charge in [-0.25, -0.2) is 9.97 Å². The fraction of sp³-hybridized carbons (Fsp3) is 0.0500. The summed E-state index contributed by atoms with van der Waals surface area (Å²) in [6.07, 6.45) is 0. The maximum Gasteiger partial charge on any atom is 0.256 e. The Morgan fingerprint density at radius 3 is 1.27 bits per heavy atom. The van der Waals surface area contributed by atoms with E-state index in [0.717, 1.165) is 32.1 Å². The van der Waals surface area contributed by atoms with Crippen molar-refractivity contribution >= 4 is 122 Å². The summed E-state index contributed by atoms with van der Waals surface area (Å²) < 4.78 is 1.72. The molecule has 0 spiro atoms.